The fourth-order valence-corrected chi connectivity index (χ4v) is 4.73. The second kappa shape index (κ2) is 12.1. The summed E-state index contributed by atoms with van der Waals surface area (Å²) in [6.45, 7) is 9.29. The molecule has 0 aliphatic carbocycles. The number of rotatable bonds is 11. The summed E-state index contributed by atoms with van der Waals surface area (Å²) < 4.78 is 7.11. The van der Waals surface area contributed by atoms with Crippen LogP contribution in [0.5, 0.6) is 0 Å². The molecular formula is C29H37N7O5. The van der Waals surface area contributed by atoms with Gasteiger partial charge in [0.2, 0.25) is 5.91 Å². The second-order valence-corrected chi connectivity index (χ2v) is 11.7. The van der Waals surface area contributed by atoms with E-state index in [-0.39, 0.29) is 31.3 Å². The summed E-state index contributed by atoms with van der Waals surface area (Å²) >= 11 is 0. The maximum Gasteiger partial charge on any atom is 0.323 e. The van der Waals surface area contributed by atoms with Gasteiger partial charge in [-0.2, -0.15) is 0 Å². The van der Waals surface area contributed by atoms with Crippen LogP contribution in [0, 0.1) is 5.92 Å². The zero-order valence-corrected chi connectivity index (χ0v) is 24.3. The predicted molar refractivity (Wildman–Crippen MR) is 151 cm³/mol. The molecule has 2 N–H and O–H groups in total. The molecule has 12 nitrogen and oxygen atoms in total. The lowest BCUT2D eigenvalue weighted by atomic mass is 10.0. The van der Waals surface area contributed by atoms with Gasteiger partial charge in [0.25, 0.3) is 11.8 Å². The average Bonchev–Trinajstić information content (AvgIpc) is 3.41. The molecule has 1 aromatic heterocycles. The van der Waals surface area contributed by atoms with Crippen LogP contribution in [0.25, 0.3) is 10.8 Å². The van der Waals surface area contributed by atoms with E-state index in [1.165, 1.54) is 4.68 Å². The number of benzene rings is 2. The van der Waals surface area contributed by atoms with Gasteiger partial charge < -0.3 is 10.1 Å². The lowest BCUT2D eigenvalue weighted by Crippen LogP contribution is -2.53. The zero-order chi connectivity index (χ0) is 29.9. The van der Waals surface area contributed by atoms with Gasteiger partial charge in [-0.25, -0.2) is 4.68 Å². The maximum absolute atomic E-state index is 13.3. The SMILES string of the molecule is CC(C)C[C@H](N[C@H](CCN1C(=O)c2cc3ccccc3cc2C1=O)C(=O)OC(C)(C)C)C(=O)NCc1nnnn1C. The van der Waals surface area contributed by atoms with E-state index in [4.69, 9.17) is 4.74 Å². The molecule has 0 fully saturated rings. The number of amides is 3. The molecule has 4 rings (SSSR count). The number of aryl methyl sites for hydroxylation is 1. The van der Waals surface area contributed by atoms with Crippen LogP contribution < -0.4 is 10.6 Å². The van der Waals surface area contributed by atoms with Gasteiger partial charge in [-0.05, 0) is 72.9 Å². The van der Waals surface area contributed by atoms with Crippen LogP contribution in [-0.2, 0) is 27.9 Å². The van der Waals surface area contributed by atoms with Gasteiger partial charge >= 0.3 is 5.97 Å². The summed E-state index contributed by atoms with van der Waals surface area (Å²) in [6.07, 6.45) is 0.497. The molecule has 0 saturated carbocycles. The Morgan fingerprint density at radius 3 is 2.12 bits per heavy atom. The number of tetrazole rings is 1. The topological polar surface area (TPSA) is 148 Å². The first-order chi connectivity index (χ1) is 19.3. The highest BCUT2D eigenvalue weighted by Gasteiger charge is 2.38. The Bertz CT molecular complexity index is 1400. The van der Waals surface area contributed by atoms with E-state index in [9.17, 15) is 19.2 Å². The van der Waals surface area contributed by atoms with Gasteiger partial charge in [0.1, 0.15) is 11.6 Å². The Hall–Kier alpha value is -4.19. The van der Waals surface area contributed by atoms with Crippen LogP contribution in [0.4, 0.5) is 0 Å². The van der Waals surface area contributed by atoms with Gasteiger partial charge in [0, 0.05) is 13.6 Å². The number of aromatic nitrogens is 4. The average molecular weight is 564 g/mol. The fraction of sp³-hybridized carbons (Fsp3) is 0.483. The maximum atomic E-state index is 13.3. The Labute approximate surface area is 238 Å². The molecule has 0 bridgehead atoms. The van der Waals surface area contributed by atoms with Crippen LogP contribution in [0.3, 0.4) is 0 Å². The minimum absolute atomic E-state index is 0.0276. The van der Waals surface area contributed by atoms with Gasteiger partial charge in [-0.15, -0.1) is 5.10 Å². The smallest absolute Gasteiger partial charge is 0.323 e. The highest BCUT2D eigenvalue weighted by molar-refractivity contribution is 6.23. The molecule has 2 aromatic carbocycles. The van der Waals surface area contributed by atoms with Crippen molar-refractivity contribution in [2.24, 2.45) is 13.0 Å². The molecule has 0 saturated heterocycles. The molecule has 2 atom stereocenters. The summed E-state index contributed by atoms with van der Waals surface area (Å²) in [6, 6.07) is 9.27. The van der Waals surface area contributed by atoms with Crippen molar-refractivity contribution >= 4 is 34.5 Å². The van der Waals surface area contributed by atoms with Gasteiger partial charge in [0.15, 0.2) is 5.82 Å². The molecule has 1 aliphatic rings. The molecule has 2 heterocycles. The van der Waals surface area contributed by atoms with E-state index < -0.39 is 35.5 Å². The predicted octanol–water partition coefficient (Wildman–Crippen LogP) is 2.38. The first-order valence-electron chi connectivity index (χ1n) is 13.7. The van der Waals surface area contributed by atoms with Crippen molar-refractivity contribution in [3.63, 3.8) is 0 Å². The van der Waals surface area contributed by atoms with Gasteiger partial charge in [-0.1, -0.05) is 38.1 Å². The monoisotopic (exact) mass is 563 g/mol. The minimum atomic E-state index is -0.955. The standard InChI is InChI=1S/C29H37N7O5/c1-17(2)13-23(25(37)30-16-24-32-33-34-35(24)6)31-22(28(40)41-29(3,4)5)11-12-36-26(38)20-14-18-9-7-8-10-19(18)15-21(20)27(36)39/h7-10,14-15,17,22-23,31H,11-13,16H2,1-6H3,(H,30,37)/t22-,23+/m1/s1. The second-order valence-electron chi connectivity index (χ2n) is 11.7. The molecule has 41 heavy (non-hydrogen) atoms. The molecule has 1 aliphatic heterocycles. The number of carbonyl (C=O) groups excluding carboxylic acids is 4. The number of imide groups is 1. The Morgan fingerprint density at radius 2 is 1.61 bits per heavy atom. The lowest BCUT2D eigenvalue weighted by molar-refractivity contribution is -0.158. The van der Waals surface area contributed by atoms with Gasteiger partial charge in [0.05, 0.1) is 23.7 Å². The van der Waals surface area contributed by atoms with E-state index in [2.05, 4.69) is 26.2 Å². The lowest BCUT2D eigenvalue weighted by Gasteiger charge is -2.29. The van der Waals surface area contributed by atoms with E-state index in [0.717, 1.165) is 15.7 Å². The molecule has 3 aromatic rings. The van der Waals surface area contributed by atoms with Gasteiger partial charge in [-0.3, -0.25) is 29.4 Å². The largest absolute Gasteiger partial charge is 0.459 e. The van der Waals surface area contributed by atoms with Crippen molar-refractivity contribution in [1.29, 1.82) is 0 Å². The molecule has 0 radical (unpaired) electrons. The number of nitrogens with zero attached hydrogens (tertiary/aromatic N) is 5. The van der Waals surface area contributed by atoms with Crippen molar-refractivity contribution in [2.45, 2.75) is 71.7 Å². The third-order valence-electron chi connectivity index (χ3n) is 6.72. The number of carbonyl (C=O) groups is 4. The summed E-state index contributed by atoms with van der Waals surface area (Å²) in [5.74, 6) is -1.12. The van der Waals surface area contributed by atoms with Crippen molar-refractivity contribution in [2.75, 3.05) is 6.54 Å². The first-order valence-corrected chi connectivity index (χ1v) is 13.7. The van der Waals surface area contributed by atoms with Crippen LogP contribution in [-0.4, -0.2) is 73.0 Å². The highest BCUT2D eigenvalue weighted by atomic mass is 16.6. The number of esters is 1. The quantitative estimate of drug-likeness (QED) is 0.265. The normalized spacial score (nSPS) is 14.9. The third kappa shape index (κ3) is 7.12. The van der Waals surface area contributed by atoms with Crippen LogP contribution in [0.1, 0.15) is 74.0 Å². The third-order valence-corrected chi connectivity index (χ3v) is 6.72. The number of hydrogen-bond acceptors (Lipinski definition) is 9. The van der Waals surface area contributed by atoms with Crippen LogP contribution >= 0.6 is 0 Å². The molecular weight excluding hydrogens is 526 g/mol. The number of nitrogens with one attached hydrogen (secondary N) is 2. The Morgan fingerprint density at radius 1 is 1.00 bits per heavy atom. The molecule has 0 spiro atoms. The first kappa shape index (κ1) is 29.8. The molecule has 12 heteroatoms. The van der Waals surface area contributed by atoms with E-state index >= 15 is 0 Å². The summed E-state index contributed by atoms with van der Waals surface area (Å²) in [4.78, 5) is 54.2. The highest BCUT2D eigenvalue weighted by Crippen LogP contribution is 2.28. The van der Waals surface area contributed by atoms with Crippen molar-refractivity contribution < 1.29 is 23.9 Å². The van der Waals surface area contributed by atoms with E-state index in [1.807, 2.05) is 38.1 Å². The van der Waals surface area contributed by atoms with E-state index in [0.29, 0.717) is 23.4 Å². The molecule has 0 unspecified atom stereocenters. The minimum Gasteiger partial charge on any atom is -0.459 e. The van der Waals surface area contributed by atoms with Crippen LogP contribution in [0.15, 0.2) is 36.4 Å². The molecule has 3 amide bonds. The fourth-order valence-electron chi connectivity index (χ4n) is 4.73. The summed E-state index contributed by atoms with van der Waals surface area (Å²) in [7, 11) is 1.67. The number of ether oxygens (including phenoxy) is 1. The number of hydrogen-bond donors (Lipinski definition) is 2. The summed E-state index contributed by atoms with van der Waals surface area (Å²) in [5, 5.41) is 18.9. The summed E-state index contributed by atoms with van der Waals surface area (Å²) in [5.41, 5.74) is -0.0997. The van der Waals surface area contributed by atoms with Crippen molar-refractivity contribution in [3.8, 4) is 0 Å². The van der Waals surface area contributed by atoms with Crippen molar-refractivity contribution in [3.05, 3.63) is 53.3 Å². The zero-order valence-electron chi connectivity index (χ0n) is 24.3. The Balaban J connectivity index is 1.52. The number of fused-ring (bicyclic) bond motifs is 2. The van der Waals surface area contributed by atoms with Crippen LogP contribution in [0.2, 0.25) is 0 Å². The Kier molecular flexibility index (Phi) is 8.81. The van der Waals surface area contributed by atoms with Crippen molar-refractivity contribution in [1.82, 2.24) is 35.7 Å². The molecule has 218 valence electrons. The van der Waals surface area contributed by atoms with E-state index in [1.54, 1.807) is 40.0 Å².